The van der Waals surface area contributed by atoms with E-state index in [9.17, 15) is 13.2 Å². The molecule has 0 amide bonds. The summed E-state index contributed by atoms with van der Waals surface area (Å²) in [6.45, 7) is 2.15. The molecule has 20 heavy (non-hydrogen) atoms. The Bertz CT molecular complexity index is 399. The molecule has 1 unspecified atom stereocenters. The SMILES string of the molecule is CCOc1ccccc1OCCNCC(O)C(F)(F)F. The molecule has 2 N–H and O–H groups in total. The first-order chi connectivity index (χ1) is 9.45. The van der Waals surface area contributed by atoms with Gasteiger partial charge in [-0.1, -0.05) is 12.1 Å². The van der Waals surface area contributed by atoms with Crippen LogP contribution in [0.3, 0.4) is 0 Å². The van der Waals surface area contributed by atoms with Gasteiger partial charge in [0.2, 0.25) is 0 Å². The second kappa shape index (κ2) is 7.96. The van der Waals surface area contributed by atoms with Crippen molar-refractivity contribution in [1.29, 1.82) is 0 Å². The molecule has 1 aromatic carbocycles. The van der Waals surface area contributed by atoms with Crippen LogP contribution in [-0.4, -0.2) is 43.7 Å². The summed E-state index contributed by atoms with van der Waals surface area (Å²) < 4.78 is 46.8. The first-order valence-electron chi connectivity index (χ1n) is 6.25. The topological polar surface area (TPSA) is 50.7 Å². The van der Waals surface area contributed by atoms with Gasteiger partial charge >= 0.3 is 6.18 Å². The Balaban J connectivity index is 2.28. The molecule has 0 aliphatic carbocycles. The number of benzene rings is 1. The minimum atomic E-state index is -4.60. The molecule has 0 aliphatic heterocycles. The number of aliphatic hydroxyl groups excluding tert-OH is 1. The summed E-state index contributed by atoms with van der Waals surface area (Å²) in [6, 6.07) is 7.05. The number of hydrogen-bond acceptors (Lipinski definition) is 4. The highest BCUT2D eigenvalue weighted by Crippen LogP contribution is 2.26. The minimum Gasteiger partial charge on any atom is -0.490 e. The monoisotopic (exact) mass is 293 g/mol. The number of para-hydroxylation sites is 2. The van der Waals surface area contributed by atoms with Crippen LogP contribution in [0.4, 0.5) is 13.2 Å². The Morgan fingerprint density at radius 2 is 1.80 bits per heavy atom. The lowest BCUT2D eigenvalue weighted by molar-refractivity contribution is -0.201. The van der Waals surface area contributed by atoms with Gasteiger partial charge in [-0.15, -0.1) is 0 Å². The summed E-state index contributed by atoms with van der Waals surface area (Å²) in [5.41, 5.74) is 0. The highest BCUT2D eigenvalue weighted by Gasteiger charge is 2.37. The number of hydrogen-bond donors (Lipinski definition) is 2. The molecule has 0 aromatic heterocycles. The maximum Gasteiger partial charge on any atom is 0.415 e. The van der Waals surface area contributed by atoms with E-state index in [1.807, 2.05) is 6.92 Å². The van der Waals surface area contributed by atoms with E-state index in [0.29, 0.717) is 18.1 Å². The van der Waals surface area contributed by atoms with Crippen molar-refractivity contribution in [2.24, 2.45) is 0 Å². The molecule has 1 rings (SSSR count). The Morgan fingerprint density at radius 1 is 1.20 bits per heavy atom. The number of alkyl halides is 3. The molecule has 0 aliphatic rings. The maximum absolute atomic E-state index is 12.0. The molecule has 4 nitrogen and oxygen atoms in total. The van der Waals surface area contributed by atoms with Gasteiger partial charge in [0.1, 0.15) is 6.61 Å². The van der Waals surface area contributed by atoms with Gasteiger partial charge < -0.3 is 19.9 Å². The second-order valence-corrected chi connectivity index (χ2v) is 3.99. The number of halogens is 3. The van der Waals surface area contributed by atoms with Crippen molar-refractivity contribution in [1.82, 2.24) is 5.32 Å². The third kappa shape index (κ3) is 5.66. The van der Waals surface area contributed by atoms with Crippen molar-refractivity contribution in [3.05, 3.63) is 24.3 Å². The van der Waals surface area contributed by atoms with E-state index in [2.05, 4.69) is 5.32 Å². The third-order valence-electron chi connectivity index (χ3n) is 2.40. The fourth-order valence-corrected chi connectivity index (χ4v) is 1.43. The first kappa shape index (κ1) is 16.6. The lowest BCUT2D eigenvalue weighted by Crippen LogP contribution is -2.39. The summed E-state index contributed by atoms with van der Waals surface area (Å²) in [5, 5.41) is 11.2. The number of ether oxygens (including phenoxy) is 2. The molecule has 1 atom stereocenters. The quantitative estimate of drug-likeness (QED) is 0.720. The van der Waals surface area contributed by atoms with Gasteiger partial charge in [0.25, 0.3) is 0 Å². The molecule has 0 heterocycles. The third-order valence-corrected chi connectivity index (χ3v) is 2.40. The zero-order valence-corrected chi connectivity index (χ0v) is 11.1. The van der Waals surface area contributed by atoms with E-state index >= 15 is 0 Å². The average Bonchev–Trinajstić information content (AvgIpc) is 2.39. The van der Waals surface area contributed by atoms with Gasteiger partial charge in [-0.05, 0) is 19.1 Å². The van der Waals surface area contributed by atoms with Crippen LogP contribution in [0.25, 0.3) is 0 Å². The lowest BCUT2D eigenvalue weighted by Gasteiger charge is -2.15. The Hall–Kier alpha value is -1.47. The number of nitrogens with one attached hydrogen (secondary N) is 1. The molecule has 0 saturated heterocycles. The zero-order valence-electron chi connectivity index (χ0n) is 11.1. The number of rotatable bonds is 8. The van der Waals surface area contributed by atoms with Crippen LogP contribution in [-0.2, 0) is 0 Å². The Morgan fingerprint density at radius 3 is 2.35 bits per heavy atom. The lowest BCUT2D eigenvalue weighted by atomic mass is 10.3. The van der Waals surface area contributed by atoms with Gasteiger partial charge in [0.15, 0.2) is 17.6 Å². The second-order valence-electron chi connectivity index (χ2n) is 3.99. The molecule has 0 fully saturated rings. The first-order valence-corrected chi connectivity index (χ1v) is 6.25. The molecular formula is C13H18F3NO3. The van der Waals surface area contributed by atoms with Crippen LogP contribution in [0.15, 0.2) is 24.3 Å². The summed E-state index contributed by atoms with van der Waals surface area (Å²) in [5.74, 6) is 1.12. The van der Waals surface area contributed by atoms with Gasteiger partial charge in [-0.25, -0.2) is 0 Å². The van der Waals surface area contributed by atoms with Gasteiger partial charge in [-0.3, -0.25) is 0 Å². The predicted molar refractivity (Wildman–Crippen MR) is 68.0 cm³/mol. The van der Waals surface area contributed by atoms with E-state index in [0.717, 1.165) is 0 Å². The largest absolute Gasteiger partial charge is 0.490 e. The van der Waals surface area contributed by atoms with Crippen molar-refractivity contribution >= 4 is 0 Å². The molecule has 0 spiro atoms. The average molecular weight is 293 g/mol. The molecular weight excluding hydrogens is 275 g/mol. The van der Waals surface area contributed by atoms with Crippen LogP contribution in [0.5, 0.6) is 11.5 Å². The molecule has 0 bridgehead atoms. The molecule has 114 valence electrons. The van der Waals surface area contributed by atoms with Crippen LogP contribution in [0, 0.1) is 0 Å². The van der Waals surface area contributed by atoms with Gasteiger partial charge in [0, 0.05) is 13.1 Å². The van der Waals surface area contributed by atoms with Crippen LogP contribution in [0.1, 0.15) is 6.92 Å². The number of aliphatic hydroxyl groups is 1. The smallest absolute Gasteiger partial charge is 0.415 e. The predicted octanol–water partition coefficient (Wildman–Crippen LogP) is 1.98. The molecule has 1 aromatic rings. The van der Waals surface area contributed by atoms with Crippen molar-refractivity contribution in [3.63, 3.8) is 0 Å². The normalized spacial score (nSPS) is 13.1. The molecule has 0 saturated carbocycles. The maximum atomic E-state index is 12.0. The highest BCUT2D eigenvalue weighted by molar-refractivity contribution is 5.39. The van der Waals surface area contributed by atoms with Gasteiger partial charge in [0.05, 0.1) is 6.61 Å². The fraction of sp³-hybridized carbons (Fsp3) is 0.538. The van der Waals surface area contributed by atoms with E-state index in [1.54, 1.807) is 24.3 Å². The van der Waals surface area contributed by atoms with Crippen molar-refractivity contribution < 1.29 is 27.8 Å². The van der Waals surface area contributed by atoms with Crippen LogP contribution >= 0.6 is 0 Å². The van der Waals surface area contributed by atoms with E-state index in [4.69, 9.17) is 14.6 Å². The zero-order chi connectivity index (χ0) is 15.0. The summed E-state index contributed by atoms with van der Waals surface area (Å²) in [7, 11) is 0. The van der Waals surface area contributed by atoms with E-state index in [1.165, 1.54) is 0 Å². The minimum absolute atomic E-state index is 0.175. The molecule has 0 radical (unpaired) electrons. The standard InChI is InChI=1S/C13H18F3NO3/c1-2-19-10-5-3-4-6-11(10)20-8-7-17-9-12(18)13(14,15)16/h3-6,12,17-18H,2,7-9H2,1H3. The van der Waals surface area contributed by atoms with Crippen molar-refractivity contribution in [3.8, 4) is 11.5 Å². The van der Waals surface area contributed by atoms with Crippen LogP contribution < -0.4 is 14.8 Å². The highest BCUT2D eigenvalue weighted by atomic mass is 19.4. The van der Waals surface area contributed by atoms with Crippen molar-refractivity contribution in [2.45, 2.75) is 19.2 Å². The fourth-order valence-electron chi connectivity index (χ4n) is 1.43. The molecule has 7 heteroatoms. The summed E-state index contributed by atoms with van der Waals surface area (Å²) in [6.07, 6.45) is -6.96. The van der Waals surface area contributed by atoms with Gasteiger partial charge in [-0.2, -0.15) is 13.2 Å². The summed E-state index contributed by atoms with van der Waals surface area (Å²) >= 11 is 0. The Labute approximate surface area is 115 Å². The Kier molecular flexibility index (Phi) is 6.60. The van der Waals surface area contributed by atoms with E-state index < -0.39 is 18.8 Å². The van der Waals surface area contributed by atoms with Crippen molar-refractivity contribution in [2.75, 3.05) is 26.3 Å². The summed E-state index contributed by atoms with van der Waals surface area (Å²) in [4.78, 5) is 0. The van der Waals surface area contributed by atoms with E-state index in [-0.39, 0.29) is 13.2 Å². The van der Waals surface area contributed by atoms with Crippen LogP contribution in [0.2, 0.25) is 0 Å².